The summed E-state index contributed by atoms with van der Waals surface area (Å²) in [6, 6.07) is 16.7. The second kappa shape index (κ2) is 6.29. The number of benzene rings is 2. The number of hydrogen-bond acceptors (Lipinski definition) is 3. The Labute approximate surface area is 141 Å². The summed E-state index contributed by atoms with van der Waals surface area (Å²) in [4.78, 5) is 0. The molecule has 4 nitrogen and oxygen atoms in total. The summed E-state index contributed by atoms with van der Waals surface area (Å²) in [6.07, 6.45) is 6.35. The molecule has 0 spiro atoms. The highest BCUT2D eigenvalue weighted by Crippen LogP contribution is 2.25. The van der Waals surface area contributed by atoms with Crippen molar-refractivity contribution in [1.29, 1.82) is 5.26 Å². The third-order valence-electron chi connectivity index (χ3n) is 4.59. The van der Waals surface area contributed by atoms with Gasteiger partial charge in [0.1, 0.15) is 11.9 Å². The molecule has 0 fully saturated rings. The molecule has 4 heteroatoms. The van der Waals surface area contributed by atoms with Crippen molar-refractivity contribution >= 4 is 22.4 Å². The lowest BCUT2D eigenvalue weighted by Gasteiger charge is -2.07. The molecule has 1 aromatic heterocycles. The standard InChI is InChI=1S/C20H18N4/c21-14-17(20-23-22-19-11-2-1-5-12-24(19)20)13-16-9-6-8-15-7-3-4-10-18(15)16/h3-4,6-10,13H,1-2,5,11-12H2. The molecule has 0 bridgehead atoms. The molecule has 0 atom stereocenters. The molecule has 0 N–H and O–H groups in total. The van der Waals surface area contributed by atoms with Crippen molar-refractivity contribution < 1.29 is 0 Å². The van der Waals surface area contributed by atoms with Gasteiger partial charge in [0.15, 0.2) is 5.82 Å². The lowest BCUT2D eigenvalue weighted by molar-refractivity contribution is 0.627. The SMILES string of the molecule is N#CC(=Cc1cccc2ccccc12)c1nnc2n1CCCCC2. The van der Waals surface area contributed by atoms with Gasteiger partial charge in [-0.15, -0.1) is 10.2 Å². The van der Waals surface area contributed by atoms with E-state index >= 15 is 0 Å². The molecule has 2 aromatic carbocycles. The molecule has 4 rings (SSSR count). The number of aryl methyl sites for hydroxylation is 1. The Balaban J connectivity index is 1.83. The van der Waals surface area contributed by atoms with Crippen LogP contribution in [0.2, 0.25) is 0 Å². The average molecular weight is 314 g/mol. The van der Waals surface area contributed by atoms with Gasteiger partial charge in [0.2, 0.25) is 0 Å². The maximum absolute atomic E-state index is 9.70. The van der Waals surface area contributed by atoms with E-state index < -0.39 is 0 Å². The van der Waals surface area contributed by atoms with Crippen LogP contribution in [-0.4, -0.2) is 14.8 Å². The van der Waals surface area contributed by atoms with Crippen molar-refractivity contribution in [2.24, 2.45) is 0 Å². The molecule has 0 unspecified atom stereocenters. The second-order valence-corrected chi connectivity index (χ2v) is 6.14. The fourth-order valence-electron chi connectivity index (χ4n) is 3.36. The molecular weight excluding hydrogens is 296 g/mol. The number of fused-ring (bicyclic) bond motifs is 2. The average Bonchev–Trinajstić information content (AvgIpc) is 2.87. The smallest absolute Gasteiger partial charge is 0.174 e. The van der Waals surface area contributed by atoms with Gasteiger partial charge in [-0.3, -0.25) is 0 Å². The Hall–Kier alpha value is -2.93. The maximum Gasteiger partial charge on any atom is 0.174 e. The number of hydrogen-bond donors (Lipinski definition) is 0. The van der Waals surface area contributed by atoms with E-state index in [9.17, 15) is 5.26 Å². The van der Waals surface area contributed by atoms with Gasteiger partial charge in [0.25, 0.3) is 0 Å². The van der Waals surface area contributed by atoms with Gasteiger partial charge in [-0.25, -0.2) is 0 Å². The first-order valence-corrected chi connectivity index (χ1v) is 8.39. The van der Waals surface area contributed by atoms with Crippen LogP contribution >= 0.6 is 0 Å². The molecule has 118 valence electrons. The number of nitrogens with zero attached hydrogens (tertiary/aromatic N) is 4. The van der Waals surface area contributed by atoms with E-state index in [1.807, 2.05) is 30.3 Å². The topological polar surface area (TPSA) is 54.5 Å². The fourth-order valence-corrected chi connectivity index (χ4v) is 3.36. The van der Waals surface area contributed by atoms with Gasteiger partial charge in [-0.1, -0.05) is 48.9 Å². The van der Waals surface area contributed by atoms with Crippen LogP contribution in [0.1, 0.15) is 36.5 Å². The Bertz CT molecular complexity index is 954. The van der Waals surface area contributed by atoms with Crippen LogP contribution in [0.5, 0.6) is 0 Å². The molecule has 1 aliphatic rings. The van der Waals surface area contributed by atoms with E-state index in [0.717, 1.165) is 42.6 Å². The summed E-state index contributed by atoms with van der Waals surface area (Å²) >= 11 is 0. The number of nitriles is 1. The van der Waals surface area contributed by atoms with Crippen LogP contribution in [0, 0.1) is 11.3 Å². The quantitative estimate of drug-likeness (QED) is 0.665. The van der Waals surface area contributed by atoms with E-state index in [-0.39, 0.29) is 0 Å². The number of allylic oxidation sites excluding steroid dienone is 1. The highest BCUT2D eigenvalue weighted by atomic mass is 15.3. The molecular formula is C20H18N4. The number of aromatic nitrogens is 3. The molecule has 0 saturated carbocycles. The van der Waals surface area contributed by atoms with E-state index in [0.29, 0.717) is 11.4 Å². The zero-order valence-corrected chi connectivity index (χ0v) is 13.4. The largest absolute Gasteiger partial charge is 0.310 e. The third-order valence-corrected chi connectivity index (χ3v) is 4.59. The fraction of sp³-hybridized carbons (Fsp3) is 0.250. The van der Waals surface area contributed by atoms with Gasteiger partial charge >= 0.3 is 0 Å². The van der Waals surface area contributed by atoms with Crippen molar-refractivity contribution in [2.75, 3.05) is 0 Å². The molecule has 2 heterocycles. The minimum Gasteiger partial charge on any atom is -0.310 e. The van der Waals surface area contributed by atoms with E-state index in [1.54, 1.807) is 0 Å². The maximum atomic E-state index is 9.70. The van der Waals surface area contributed by atoms with Crippen LogP contribution in [0.15, 0.2) is 42.5 Å². The Kier molecular flexibility index (Phi) is 3.84. The summed E-state index contributed by atoms with van der Waals surface area (Å²) in [5.74, 6) is 1.70. The zero-order valence-electron chi connectivity index (χ0n) is 13.4. The van der Waals surface area contributed by atoms with Crippen LogP contribution in [0.3, 0.4) is 0 Å². The monoisotopic (exact) mass is 314 g/mol. The predicted molar refractivity (Wildman–Crippen MR) is 95.0 cm³/mol. The highest BCUT2D eigenvalue weighted by molar-refractivity contribution is 5.97. The number of rotatable bonds is 2. The molecule has 24 heavy (non-hydrogen) atoms. The molecule has 0 amide bonds. The van der Waals surface area contributed by atoms with Gasteiger partial charge < -0.3 is 4.57 Å². The van der Waals surface area contributed by atoms with E-state index in [2.05, 4.69) is 39.0 Å². The van der Waals surface area contributed by atoms with Gasteiger partial charge in [-0.2, -0.15) is 5.26 Å². The molecule has 0 aliphatic carbocycles. The van der Waals surface area contributed by atoms with Crippen molar-refractivity contribution in [1.82, 2.24) is 14.8 Å². The Morgan fingerprint density at radius 1 is 1.04 bits per heavy atom. The first-order valence-electron chi connectivity index (χ1n) is 8.39. The van der Waals surface area contributed by atoms with Crippen molar-refractivity contribution in [2.45, 2.75) is 32.2 Å². The lowest BCUT2D eigenvalue weighted by atomic mass is 10.0. The molecule has 3 aromatic rings. The predicted octanol–water partition coefficient (Wildman–Crippen LogP) is 4.22. The first kappa shape index (κ1) is 14.6. The Morgan fingerprint density at radius 2 is 1.92 bits per heavy atom. The Morgan fingerprint density at radius 3 is 2.83 bits per heavy atom. The van der Waals surface area contributed by atoms with E-state index in [4.69, 9.17) is 0 Å². The van der Waals surface area contributed by atoms with Crippen LogP contribution in [0.25, 0.3) is 22.4 Å². The molecule has 0 radical (unpaired) electrons. The highest BCUT2D eigenvalue weighted by Gasteiger charge is 2.17. The van der Waals surface area contributed by atoms with Crippen LogP contribution in [0.4, 0.5) is 0 Å². The minimum absolute atomic E-state index is 0.576. The zero-order chi connectivity index (χ0) is 16.4. The molecule has 1 aliphatic heterocycles. The van der Waals surface area contributed by atoms with Gasteiger partial charge in [0.05, 0.1) is 5.57 Å². The minimum atomic E-state index is 0.576. The summed E-state index contributed by atoms with van der Waals surface area (Å²) in [5, 5.41) is 20.6. The molecule has 0 saturated heterocycles. The lowest BCUT2D eigenvalue weighted by Crippen LogP contribution is -2.05. The summed E-state index contributed by atoms with van der Waals surface area (Å²) < 4.78 is 2.12. The first-order chi connectivity index (χ1) is 11.9. The van der Waals surface area contributed by atoms with Gasteiger partial charge in [-0.05, 0) is 35.3 Å². The van der Waals surface area contributed by atoms with E-state index in [1.165, 1.54) is 11.8 Å². The van der Waals surface area contributed by atoms with Crippen molar-refractivity contribution in [3.05, 3.63) is 59.7 Å². The summed E-state index contributed by atoms with van der Waals surface area (Å²) in [5.41, 5.74) is 1.61. The normalized spacial score (nSPS) is 14.9. The summed E-state index contributed by atoms with van der Waals surface area (Å²) in [7, 11) is 0. The van der Waals surface area contributed by atoms with Crippen molar-refractivity contribution in [3.63, 3.8) is 0 Å². The van der Waals surface area contributed by atoms with Gasteiger partial charge in [0, 0.05) is 13.0 Å². The van der Waals surface area contributed by atoms with Crippen LogP contribution < -0.4 is 0 Å². The summed E-state index contributed by atoms with van der Waals surface area (Å²) in [6.45, 7) is 0.895. The second-order valence-electron chi connectivity index (χ2n) is 6.14. The van der Waals surface area contributed by atoms with Crippen molar-refractivity contribution in [3.8, 4) is 6.07 Å². The van der Waals surface area contributed by atoms with Crippen LogP contribution in [-0.2, 0) is 13.0 Å². The third kappa shape index (κ3) is 2.59.